The van der Waals surface area contributed by atoms with E-state index in [9.17, 15) is 13.2 Å². The standard InChI is InChI=1S/C13H19NO5S.ClH/c1-3-20(16,17)11-6-4-10(5-7-11)12(14)8-19-9-13(15)18-2;/h4-7,12H,3,8-9,14H2,1-2H3;1H/t12-;/m0./s1. The Hall–Kier alpha value is -1.15. The number of nitrogens with two attached hydrogens (primary N) is 1. The first-order chi connectivity index (χ1) is 9.40. The van der Waals surface area contributed by atoms with Crippen molar-refractivity contribution in [1.82, 2.24) is 0 Å². The quantitative estimate of drug-likeness (QED) is 0.748. The molecular formula is C13H20ClNO5S. The summed E-state index contributed by atoms with van der Waals surface area (Å²) in [6.07, 6.45) is 0. The number of hydrogen-bond donors (Lipinski definition) is 1. The number of carbonyl (C=O) groups is 1. The molecular weight excluding hydrogens is 318 g/mol. The van der Waals surface area contributed by atoms with E-state index in [1.165, 1.54) is 19.2 Å². The second-order valence-electron chi connectivity index (χ2n) is 4.17. The van der Waals surface area contributed by atoms with E-state index in [1.54, 1.807) is 19.1 Å². The van der Waals surface area contributed by atoms with Gasteiger partial charge in [-0.05, 0) is 17.7 Å². The third-order valence-corrected chi connectivity index (χ3v) is 4.54. The maximum absolute atomic E-state index is 11.7. The Morgan fingerprint density at radius 1 is 1.29 bits per heavy atom. The van der Waals surface area contributed by atoms with Crippen LogP contribution in [0.15, 0.2) is 29.2 Å². The van der Waals surface area contributed by atoms with Crippen molar-refractivity contribution in [3.63, 3.8) is 0 Å². The van der Waals surface area contributed by atoms with Crippen LogP contribution in [0, 0.1) is 0 Å². The van der Waals surface area contributed by atoms with Crippen molar-refractivity contribution < 1.29 is 22.7 Å². The number of hydrogen-bond acceptors (Lipinski definition) is 6. The number of halogens is 1. The minimum Gasteiger partial charge on any atom is -0.467 e. The van der Waals surface area contributed by atoms with Gasteiger partial charge in [0.15, 0.2) is 9.84 Å². The van der Waals surface area contributed by atoms with Gasteiger partial charge in [0.1, 0.15) is 6.61 Å². The summed E-state index contributed by atoms with van der Waals surface area (Å²) in [5.74, 6) is -0.415. The average Bonchev–Trinajstić information content (AvgIpc) is 2.47. The molecule has 0 heterocycles. The van der Waals surface area contributed by atoms with Gasteiger partial charge in [0.05, 0.1) is 30.4 Å². The minimum absolute atomic E-state index is 0. The van der Waals surface area contributed by atoms with Crippen LogP contribution in [-0.2, 0) is 24.1 Å². The predicted molar refractivity (Wildman–Crippen MR) is 81.2 cm³/mol. The molecule has 0 radical (unpaired) electrons. The Morgan fingerprint density at radius 2 is 1.86 bits per heavy atom. The number of methoxy groups -OCH3 is 1. The third kappa shape index (κ3) is 6.01. The van der Waals surface area contributed by atoms with E-state index in [0.29, 0.717) is 0 Å². The van der Waals surface area contributed by atoms with E-state index < -0.39 is 21.8 Å². The van der Waals surface area contributed by atoms with E-state index in [2.05, 4.69) is 4.74 Å². The van der Waals surface area contributed by atoms with Crippen LogP contribution in [-0.4, -0.2) is 40.5 Å². The molecule has 0 aliphatic carbocycles. The van der Waals surface area contributed by atoms with E-state index in [1.807, 2.05) is 0 Å². The van der Waals surface area contributed by atoms with Crippen LogP contribution in [0.25, 0.3) is 0 Å². The summed E-state index contributed by atoms with van der Waals surface area (Å²) in [5, 5.41) is 0. The number of sulfone groups is 1. The molecule has 1 rings (SSSR count). The summed E-state index contributed by atoms with van der Waals surface area (Å²) < 4.78 is 32.8. The molecule has 21 heavy (non-hydrogen) atoms. The van der Waals surface area contributed by atoms with Crippen molar-refractivity contribution in [3.8, 4) is 0 Å². The molecule has 0 unspecified atom stereocenters. The Labute approximate surface area is 130 Å². The van der Waals surface area contributed by atoms with Crippen LogP contribution in [0.3, 0.4) is 0 Å². The summed E-state index contributed by atoms with van der Waals surface area (Å²) in [6, 6.07) is 5.91. The van der Waals surface area contributed by atoms with Crippen LogP contribution >= 0.6 is 12.4 Å². The molecule has 1 atom stereocenters. The second kappa shape index (κ2) is 8.99. The topological polar surface area (TPSA) is 95.7 Å². The lowest BCUT2D eigenvalue weighted by atomic mass is 10.1. The molecule has 8 heteroatoms. The van der Waals surface area contributed by atoms with Crippen LogP contribution in [0.1, 0.15) is 18.5 Å². The molecule has 0 aliphatic heterocycles. The molecule has 1 aromatic rings. The molecule has 1 aromatic carbocycles. The normalized spacial score (nSPS) is 12.3. The van der Waals surface area contributed by atoms with Crippen molar-refractivity contribution >= 4 is 28.2 Å². The van der Waals surface area contributed by atoms with Gasteiger partial charge in [0, 0.05) is 0 Å². The number of carbonyl (C=O) groups excluding carboxylic acids is 1. The lowest BCUT2D eigenvalue weighted by molar-refractivity contribution is -0.146. The van der Waals surface area contributed by atoms with Gasteiger partial charge in [-0.25, -0.2) is 13.2 Å². The van der Waals surface area contributed by atoms with Crippen LogP contribution in [0.5, 0.6) is 0 Å². The van der Waals surface area contributed by atoms with Gasteiger partial charge >= 0.3 is 5.97 Å². The van der Waals surface area contributed by atoms with Gasteiger partial charge in [-0.1, -0.05) is 19.1 Å². The number of esters is 1. The first-order valence-electron chi connectivity index (χ1n) is 6.13. The molecule has 0 saturated heterocycles. The van der Waals surface area contributed by atoms with Gasteiger partial charge in [-0.3, -0.25) is 0 Å². The van der Waals surface area contributed by atoms with Crippen LogP contribution in [0.2, 0.25) is 0 Å². The van der Waals surface area contributed by atoms with Crippen molar-refractivity contribution in [3.05, 3.63) is 29.8 Å². The molecule has 0 fully saturated rings. The summed E-state index contributed by atoms with van der Waals surface area (Å²) in [5.41, 5.74) is 6.63. The average molecular weight is 338 g/mol. The second-order valence-corrected chi connectivity index (χ2v) is 6.45. The highest BCUT2D eigenvalue weighted by atomic mass is 35.5. The van der Waals surface area contributed by atoms with Gasteiger partial charge in [0.25, 0.3) is 0 Å². The predicted octanol–water partition coefficient (Wildman–Crippen LogP) is 1.09. The number of benzene rings is 1. The fraction of sp³-hybridized carbons (Fsp3) is 0.462. The van der Waals surface area contributed by atoms with Gasteiger partial charge < -0.3 is 15.2 Å². The Morgan fingerprint density at radius 3 is 2.33 bits per heavy atom. The summed E-state index contributed by atoms with van der Waals surface area (Å²) in [4.78, 5) is 11.1. The zero-order valence-corrected chi connectivity index (χ0v) is 13.6. The van der Waals surface area contributed by atoms with E-state index >= 15 is 0 Å². The smallest absolute Gasteiger partial charge is 0.331 e. The molecule has 0 aliphatic rings. The first kappa shape index (κ1) is 19.9. The molecule has 0 spiro atoms. The molecule has 0 amide bonds. The molecule has 120 valence electrons. The molecule has 0 bridgehead atoms. The Bertz CT molecular complexity index is 544. The summed E-state index contributed by atoms with van der Waals surface area (Å²) >= 11 is 0. The van der Waals surface area contributed by atoms with Gasteiger partial charge in [0.2, 0.25) is 0 Å². The first-order valence-corrected chi connectivity index (χ1v) is 7.78. The maximum atomic E-state index is 11.7. The highest BCUT2D eigenvalue weighted by molar-refractivity contribution is 7.91. The maximum Gasteiger partial charge on any atom is 0.331 e. The number of ether oxygens (including phenoxy) is 2. The number of rotatable bonds is 7. The minimum atomic E-state index is -3.21. The van der Waals surface area contributed by atoms with Crippen molar-refractivity contribution in [2.24, 2.45) is 5.73 Å². The zero-order valence-electron chi connectivity index (χ0n) is 11.9. The fourth-order valence-electron chi connectivity index (χ4n) is 1.51. The largest absolute Gasteiger partial charge is 0.467 e. The van der Waals surface area contributed by atoms with E-state index in [4.69, 9.17) is 10.5 Å². The Balaban J connectivity index is 0.00000400. The Kier molecular flexibility index (Phi) is 8.50. The molecule has 2 N–H and O–H groups in total. The van der Waals surface area contributed by atoms with E-state index in [0.717, 1.165) is 5.56 Å². The monoisotopic (exact) mass is 337 g/mol. The van der Waals surface area contributed by atoms with Gasteiger partial charge in [-0.2, -0.15) is 0 Å². The lowest BCUT2D eigenvalue weighted by Gasteiger charge is -2.12. The van der Waals surface area contributed by atoms with Gasteiger partial charge in [-0.15, -0.1) is 12.4 Å². The fourth-order valence-corrected chi connectivity index (χ4v) is 2.40. The zero-order chi connectivity index (χ0) is 15.2. The van der Waals surface area contributed by atoms with Crippen molar-refractivity contribution in [2.75, 3.05) is 26.1 Å². The SMILES string of the molecule is CCS(=O)(=O)c1ccc([C@@H](N)COCC(=O)OC)cc1.Cl. The van der Waals surface area contributed by atoms with Crippen molar-refractivity contribution in [1.29, 1.82) is 0 Å². The van der Waals surface area contributed by atoms with E-state index in [-0.39, 0.29) is 36.3 Å². The lowest BCUT2D eigenvalue weighted by Crippen LogP contribution is -2.20. The highest BCUT2D eigenvalue weighted by Gasteiger charge is 2.13. The molecule has 0 aromatic heterocycles. The van der Waals surface area contributed by atoms with Crippen molar-refractivity contribution in [2.45, 2.75) is 17.9 Å². The highest BCUT2D eigenvalue weighted by Crippen LogP contribution is 2.16. The van der Waals surface area contributed by atoms with Crippen LogP contribution in [0.4, 0.5) is 0 Å². The summed E-state index contributed by atoms with van der Waals surface area (Å²) in [6.45, 7) is 1.58. The van der Waals surface area contributed by atoms with Crippen LogP contribution < -0.4 is 5.73 Å². The molecule has 0 saturated carbocycles. The summed E-state index contributed by atoms with van der Waals surface area (Å²) in [7, 11) is -1.93. The third-order valence-electron chi connectivity index (χ3n) is 2.79. The molecule has 6 nitrogen and oxygen atoms in total.